The Morgan fingerprint density at radius 3 is 1.97 bits per heavy atom. The van der Waals surface area contributed by atoms with Crippen LogP contribution in [0, 0.1) is 34.1 Å². The molecule has 0 spiro atoms. The smallest absolute Gasteiger partial charge is 0.141 e. The van der Waals surface area contributed by atoms with E-state index in [2.05, 4.69) is 36.1 Å². The predicted octanol–water partition coefficient (Wildman–Crippen LogP) is 7.11. The molecule has 0 aliphatic rings. The molecular formula is C26H19F2NS. The lowest BCUT2D eigenvalue weighted by Crippen LogP contribution is -1.90. The van der Waals surface area contributed by atoms with Gasteiger partial charge in [0.1, 0.15) is 17.0 Å². The minimum atomic E-state index is -0.741. The van der Waals surface area contributed by atoms with Gasteiger partial charge in [0, 0.05) is 11.1 Å². The summed E-state index contributed by atoms with van der Waals surface area (Å²) in [5.41, 5.74) is 4.12. The quantitative estimate of drug-likeness (QED) is 0.192. The Bertz CT molecular complexity index is 1120. The summed E-state index contributed by atoms with van der Waals surface area (Å²) in [6, 6.07) is 17.9. The van der Waals surface area contributed by atoms with Gasteiger partial charge in [0.25, 0.3) is 0 Å². The number of nitriles is 1. The van der Waals surface area contributed by atoms with E-state index >= 15 is 0 Å². The normalized spacial score (nSPS) is 10.5. The molecule has 0 aliphatic heterocycles. The van der Waals surface area contributed by atoms with E-state index in [0.717, 1.165) is 24.0 Å². The van der Waals surface area contributed by atoms with Gasteiger partial charge >= 0.3 is 0 Å². The van der Waals surface area contributed by atoms with Gasteiger partial charge in [-0.15, -0.1) is 0 Å². The first-order chi connectivity index (χ1) is 14.6. The number of hydrogen-bond acceptors (Lipinski definition) is 2. The van der Waals surface area contributed by atoms with Crippen LogP contribution in [0.4, 0.5) is 8.78 Å². The number of rotatable bonds is 5. The zero-order valence-electron chi connectivity index (χ0n) is 16.5. The summed E-state index contributed by atoms with van der Waals surface area (Å²) >= 11 is 0.479. The van der Waals surface area contributed by atoms with E-state index in [1.165, 1.54) is 17.7 Å². The Balaban J connectivity index is 1.72. The van der Waals surface area contributed by atoms with Gasteiger partial charge in [-0.25, -0.2) is 8.78 Å². The Labute approximate surface area is 180 Å². The summed E-state index contributed by atoms with van der Waals surface area (Å²) < 4.78 is 28.1. The average Bonchev–Trinajstić information content (AvgIpc) is 2.76. The average molecular weight is 416 g/mol. The maximum atomic E-state index is 14.0. The van der Waals surface area contributed by atoms with Crippen LogP contribution in [0.2, 0.25) is 0 Å². The molecule has 0 saturated heterocycles. The summed E-state index contributed by atoms with van der Waals surface area (Å²) in [5, 5.41) is 10.3. The molecule has 0 radical (unpaired) electrons. The fraction of sp³-hybridized carbons (Fsp3) is 0.115. The van der Waals surface area contributed by atoms with Crippen molar-refractivity contribution in [1.82, 2.24) is 0 Å². The second kappa shape index (κ2) is 10.4. The van der Waals surface area contributed by atoms with Crippen molar-refractivity contribution in [3.8, 4) is 28.4 Å². The summed E-state index contributed by atoms with van der Waals surface area (Å²) in [4.78, 5) is -0.281. The van der Waals surface area contributed by atoms with E-state index in [9.17, 15) is 8.78 Å². The second-order valence-electron chi connectivity index (χ2n) is 6.59. The highest BCUT2D eigenvalue weighted by molar-refractivity contribution is 8.03. The van der Waals surface area contributed by atoms with Gasteiger partial charge in [-0.3, -0.25) is 0 Å². The van der Waals surface area contributed by atoms with Crippen molar-refractivity contribution in [3.05, 3.63) is 101 Å². The van der Waals surface area contributed by atoms with Crippen molar-refractivity contribution in [1.29, 1.82) is 5.26 Å². The summed E-state index contributed by atoms with van der Waals surface area (Å²) in [6.45, 7) is 2.02. The number of halogens is 2. The van der Waals surface area contributed by atoms with E-state index in [-0.39, 0.29) is 4.90 Å². The molecule has 1 nitrogen and oxygen atoms in total. The minimum absolute atomic E-state index is 0.281. The van der Waals surface area contributed by atoms with Crippen molar-refractivity contribution in [2.24, 2.45) is 0 Å². The summed E-state index contributed by atoms with van der Waals surface area (Å²) in [7, 11) is 0. The monoisotopic (exact) mass is 415 g/mol. The number of nitrogens with zero attached hydrogens (tertiary/aromatic N) is 1. The Hall–Kier alpha value is -3.34. The lowest BCUT2D eigenvalue weighted by atomic mass is 10.0. The van der Waals surface area contributed by atoms with E-state index in [4.69, 9.17) is 5.26 Å². The zero-order chi connectivity index (χ0) is 21.3. The molecule has 148 valence electrons. The fourth-order valence-corrected chi connectivity index (χ4v) is 3.34. The third kappa shape index (κ3) is 5.60. The van der Waals surface area contributed by atoms with Crippen LogP contribution in [-0.2, 0) is 6.42 Å². The molecule has 0 aliphatic carbocycles. The molecule has 3 aromatic carbocycles. The summed E-state index contributed by atoms with van der Waals surface area (Å²) in [5.74, 6) is 4.77. The molecule has 3 rings (SSSR count). The first kappa shape index (κ1) is 21.4. The SMILES string of the molecule is C/C=C/CCc1ccc(C#Cc2ccc(-c3cc(F)c(SC#N)c(F)c3)cc2)cc1. The molecule has 0 N–H and O–H groups in total. The largest absolute Gasteiger partial charge is 0.206 e. The standard InChI is InChI=1S/C26H19F2NS/c1-2-3-4-5-19-6-8-20(9-7-19)10-11-21-12-14-22(15-13-21)23-16-24(27)26(30-18-29)25(28)17-23/h2-3,6-9,12-17H,4-5H2,1H3/b3-2+. The molecule has 0 amide bonds. The number of thiocyanates is 1. The lowest BCUT2D eigenvalue weighted by Gasteiger charge is -2.06. The van der Waals surface area contributed by atoms with Crippen LogP contribution in [0.15, 0.2) is 77.7 Å². The molecule has 0 bridgehead atoms. The van der Waals surface area contributed by atoms with Crippen molar-refractivity contribution in [2.75, 3.05) is 0 Å². The van der Waals surface area contributed by atoms with Gasteiger partial charge in [0.2, 0.25) is 0 Å². The van der Waals surface area contributed by atoms with Crippen LogP contribution in [0.25, 0.3) is 11.1 Å². The molecule has 0 saturated carbocycles. The molecule has 4 heteroatoms. The number of thioether (sulfide) groups is 1. The highest BCUT2D eigenvalue weighted by Crippen LogP contribution is 2.30. The first-order valence-corrected chi connectivity index (χ1v) is 10.3. The van der Waals surface area contributed by atoms with Crippen molar-refractivity contribution < 1.29 is 8.78 Å². The van der Waals surface area contributed by atoms with Crippen molar-refractivity contribution in [2.45, 2.75) is 24.7 Å². The third-order valence-corrected chi connectivity index (χ3v) is 5.19. The fourth-order valence-electron chi connectivity index (χ4n) is 2.93. The molecule has 3 aromatic rings. The van der Waals surface area contributed by atoms with Gasteiger partial charge < -0.3 is 0 Å². The molecular weight excluding hydrogens is 396 g/mol. The van der Waals surface area contributed by atoms with E-state index < -0.39 is 11.6 Å². The van der Waals surface area contributed by atoms with Crippen LogP contribution >= 0.6 is 11.8 Å². The van der Waals surface area contributed by atoms with Gasteiger partial charge in [0.15, 0.2) is 0 Å². The highest BCUT2D eigenvalue weighted by atomic mass is 32.2. The van der Waals surface area contributed by atoms with E-state index in [1.807, 2.05) is 31.2 Å². The maximum absolute atomic E-state index is 14.0. The predicted molar refractivity (Wildman–Crippen MR) is 119 cm³/mol. The Morgan fingerprint density at radius 1 is 0.867 bits per heavy atom. The van der Waals surface area contributed by atoms with Crippen LogP contribution in [0.3, 0.4) is 0 Å². The topological polar surface area (TPSA) is 23.8 Å². The second-order valence-corrected chi connectivity index (χ2v) is 7.39. The first-order valence-electron chi connectivity index (χ1n) is 9.48. The van der Waals surface area contributed by atoms with Crippen molar-refractivity contribution in [3.63, 3.8) is 0 Å². The molecule has 0 heterocycles. The molecule has 0 unspecified atom stereocenters. The van der Waals surface area contributed by atoms with Gasteiger partial charge in [-0.1, -0.05) is 48.3 Å². The molecule has 30 heavy (non-hydrogen) atoms. The number of hydrogen-bond donors (Lipinski definition) is 0. The van der Waals surface area contributed by atoms with Crippen LogP contribution < -0.4 is 0 Å². The van der Waals surface area contributed by atoms with Crippen LogP contribution in [-0.4, -0.2) is 0 Å². The van der Waals surface area contributed by atoms with Crippen LogP contribution in [0.1, 0.15) is 30.0 Å². The third-order valence-electron chi connectivity index (χ3n) is 4.50. The minimum Gasteiger partial charge on any atom is -0.206 e. The lowest BCUT2D eigenvalue weighted by molar-refractivity contribution is 0.542. The number of aryl methyl sites for hydroxylation is 1. The summed E-state index contributed by atoms with van der Waals surface area (Å²) in [6.07, 6.45) is 6.25. The molecule has 0 atom stereocenters. The molecule has 0 aromatic heterocycles. The highest BCUT2D eigenvalue weighted by Gasteiger charge is 2.12. The molecule has 0 fully saturated rings. The van der Waals surface area contributed by atoms with E-state index in [1.54, 1.807) is 17.5 Å². The zero-order valence-corrected chi connectivity index (χ0v) is 17.3. The van der Waals surface area contributed by atoms with Gasteiger partial charge in [0.05, 0.1) is 4.90 Å². The maximum Gasteiger partial charge on any atom is 0.141 e. The van der Waals surface area contributed by atoms with Crippen molar-refractivity contribution >= 4 is 11.8 Å². The number of allylic oxidation sites excluding steroid dienone is 2. The van der Waals surface area contributed by atoms with Gasteiger partial charge in [-0.05, 0) is 84.6 Å². The Morgan fingerprint density at radius 2 is 1.43 bits per heavy atom. The van der Waals surface area contributed by atoms with Gasteiger partial charge in [-0.2, -0.15) is 5.26 Å². The Kier molecular flexibility index (Phi) is 7.44. The van der Waals surface area contributed by atoms with Crippen LogP contribution in [0.5, 0.6) is 0 Å². The van der Waals surface area contributed by atoms with E-state index in [0.29, 0.717) is 22.9 Å². The number of benzene rings is 3.